The number of non-ortho nitro benzene ring substituents is 2. The highest BCUT2D eigenvalue weighted by Gasteiger charge is 2.50. The fraction of sp³-hybridized carbons (Fsp3) is 0.385. The van der Waals surface area contributed by atoms with Crippen LogP contribution in [-0.4, -0.2) is 46.8 Å². The Morgan fingerprint density at radius 3 is 1.30 bits per heavy atom. The molecular formula is C26H28N4O10. The quantitative estimate of drug-likeness (QED) is 0.248. The van der Waals surface area contributed by atoms with Crippen molar-refractivity contribution in [1.29, 1.82) is 0 Å². The number of nitro benzene ring substituents is 2. The number of nitrogens with one attached hydrogen (secondary N) is 2. The predicted octanol–water partition coefficient (Wildman–Crippen LogP) is 3.47. The van der Waals surface area contributed by atoms with Crippen LogP contribution in [0, 0.1) is 43.9 Å². The maximum absolute atomic E-state index is 13.4. The summed E-state index contributed by atoms with van der Waals surface area (Å²) in [5.41, 5.74) is 0.107. The summed E-state index contributed by atoms with van der Waals surface area (Å²) in [6.45, 7) is 3.24. The van der Waals surface area contributed by atoms with Gasteiger partial charge in [0.1, 0.15) is 0 Å². The van der Waals surface area contributed by atoms with Crippen molar-refractivity contribution in [2.75, 3.05) is 23.8 Å². The zero-order valence-corrected chi connectivity index (χ0v) is 21.7. The van der Waals surface area contributed by atoms with Gasteiger partial charge in [-0.2, -0.15) is 0 Å². The van der Waals surface area contributed by atoms with Crippen molar-refractivity contribution in [1.82, 2.24) is 0 Å². The van der Waals surface area contributed by atoms with Crippen LogP contribution in [-0.2, 0) is 28.7 Å². The molecule has 1 aliphatic carbocycles. The molecule has 0 heterocycles. The summed E-state index contributed by atoms with van der Waals surface area (Å²) in [5.74, 6) is -7.03. The Labute approximate surface area is 228 Å². The van der Waals surface area contributed by atoms with Crippen molar-refractivity contribution in [2.24, 2.45) is 23.7 Å². The van der Waals surface area contributed by atoms with Gasteiger partial charge in [-0.25, -0.2) is 0 Å². The fourth-order valence-electron chi connectivity index (χ4n) is 4.61. The number of hydrogen-bond donors (Lipinski definition) is 2. The summed E-state index contributed by atoms with van der Waals surface area (Å²) in [7, 11) is 0. The number of rotatable bonds is 10. The fourth-order valence-corrected chi connectivity index (χ4v) is 4.61. The molecule has 0 aliphatic heterocycles. The first-order chi connectivity index (χ1) is 19.0. The van der Waals surface area contributed by atoms with Gasteiger partial charge in [-0.1, -0.05) is 0 Å². The summed E-state index contributed by atoms with van der Waals surface area (Å²) < 4.78 is 10.3. The predicted molar refractivity (Wildman–Crippen MR) is 140 cm³/mol. The van der Waals surface area contributed by atoms with E-state index in [-0.39, 0.29) is 48.8 Å². The molecule has 2 aromatic rings. The largest absolute Gasteiger partial charge is 0.466 e. The van der Waals surface area contributed by atoms with Gasteiger partial charge in [-0.3, -0.25) is 39.4 Å². The number of carbonyl (C=O) groups excluding carboxylic acids is 4. The molecule has 0 bridgehead atoms. The molecule has 1 aliphatic rings. The van der Waals surface area contributed by atoms with E-state index in [1.54, 1.807) is 13.8 Å². The van der Waals surface area contributed by atoms with E-state index in [2.05, 4.69) is 10.6 Å². The molecular weight excluding hydrogens is 528 g/mol. The number of nitrogens with zero attached hydrogens (tertiary/aromatic N) is 2. The number of carbonyl (C=O) groups is 4. The van der Waals surface area contributed by atoms with Gasteiger partial charge in [0.25, 0.3) is 11.4 Å². The van der Waals surface area contributed by atoms with E-state index in [1.165, 1.54) is 48.5 Å². The van der Waals surface area contributed by atoms with Gasteiger partial charge in [0, 0.05) is 35.6 Å². The first-order valence-electron chi connectivity index (χ1n) is 12.5. The Morgan fingerprint density at radius 2 is 1.00 bits per heavy atom. The Kier molecular flexibility index (Phi) is 9.84. The maximum atomic E-state index is 13.4. The number of hydrogen-bond acceptors (Lipinski definition) is 10. The Morgan fingerprint density at radius 1 is 0.675 bits per heavy atom. The molecule has 0 radical (unpaired) electrons. The molecule has 0 unspecified atom stereocenters. The molecule has 1 fully saturated rings. The molecule has 2 amide bonds. The first kappa shape index (κ1) is 29.7. The smallest absolute Gasteiger partial charge is 0.309 e. The highest BCUT2D eigenvalue weighted by Crippen LogP contribution is 2.41. The number of nitro groups is 2. The Hall–Kier alpha value is -4.88. The second kappa shape index (κ2) is 13.3. The highest BCUT2D eigenvalue weighted by molar-refractivity contribution is 5.99. The van der Waals surface area contributed by atoms with Crippen LogP contribution < -0.4 is 10.6 Å². The van der Waals surface area contributed by atoms with Crippen molar-refractivity contribution in [3.8, 4) is 0 Å². The lowest BCUT2D eigenvalue weighted by Crippen LogP contribution is -2.48. The van der Waals surface area contributed by atoms with Crippen molar-refractivity contribution in [3.05, 3.63) is 68.8 Å². The molecule has 40 heavy (non-hydrogen) atoms. The molecule has 1 saturated carbocycles. The van der Waals surface area contributed by atoms with Crippen LogP contribution in [0.3, 0.4) is 0 Å². The van der Waals surface area contributed by atoms with Gasteiger partial charge in [0.2, 0.25) is 11.8 Å². The van der Waals surface area contributed by atoms with Crippen LogP contribution in [0.1, 0.15) is 26.7 Å². The highest BCUT2D eigenvalue weighted by atomic mass is 16.6. The molecule has 212 valence electrons. The molecule has 4 atom stereocenters. The number of benzene rings is 2. The van der Waals surface area contributed by atoms with Crippen LogP contribution in [0.4, 0.5) is 22.7 Å². The standard InChI is InChI=1S/C26H28N4O10/c1-3-39-25(33)21-14-22(26(34)40-4-2)20(24(32)28-16-7-11-18(12-8-16)30(37)38)13-19(21)23(31)27-15-5-9-17(10-6-15)29(35)36/h5-12,19-22H,3-4,13-14H2,1-2H3,(H,27,31)(H,28,32)/t19-,20-,21-,22+/m0/s1. The van der Waals surface area contributed by atoms with E-state index >= 15 is 0 Å². The minimum Gasteiger partial charge on any atom is -0.466 e. The zero-order valence-electron chi connectivity index (χ0n) is 21.7. The van der Waals surface area contributed by atoms with Crippen molar-refractivity contribution in [3.63, 3.8) is 0 Å². The topological polar surface area (TPSA) is 197 Å². The maximum Gasteiger partial charge on any atom is 0.309 e. The van der Waals surface area contributed by atoms with Gasteiger partial charge >= 0.3 is 11.9 Å². The Bertz CT molecular complexity index is 1180. The average molecular weight is 557 g/mol. The number of amides is 2. The molecule has 14 heteroatoms. The van der Waals surface area contributed by atoms with Crippen LogP contribution in [0.2, 0.25) is 0 Å². The Balaban J connectivity index is 1.90. The number of ether oxygens (including phenoxy) is 2. The van der Waals surface area contributed by atoms with Crippen LogP contribution in [0.15, 0.2) is 48.5 Å². The second-order valence-corrected chi connectivity index (χ2v) is 8.99. The van der Waals surface area contributed by atoms with Gasteiger partial charge in [0.15, 0.2) is 0 Å². The molecule has 3 rings (SSSR count). The van der Waals surface area contributed by atoms with E-state index in [9.17, 15) is 39.4 Å². The van der Waals surface area contributed by atoms with Gasteiger partial charge in [-0.05, 0) is 51.0 Å². The van der Waals surface area contributed by atoms with E-state index in [1.807, 2.05) is 0 Å². The summed E-state index contributed by atoms with van der Waals surface area (Å²) in [5, 5.41) is 27.1. The van der Waals surface area contributed by atoms with Crippen LogP contribution in [0.25, 0.3) is 0 Å². The SMILES string of the molecule is CCOC(=O)[C@H]1C[C@@H](C(=O)OCC)[C@@H](C(=O)Nc2ccc([N+](=O)[O-])cc2)C[C@@H]1C(=O)Nc1ccc([N+](=O)[O-])cc1. The third-order valence-electron chi connectivity index (χ3n) is 6.53. The minimum atomic E-state index is -1.09. The third kappa shape index (κ3) is 7.15. The number of esters is 2. The monoisotopic (exact) mass is 556 g/mol. The molecule has 2 N–H and O–H groups in total. The van der Waals surface area contributed by atoms with Crippen molar-refractivity contribution in [2.45, 2.75) is 26.7 Å². The van der Waals surface area contributed by atoms with Crippen LogP contribution in [0.5, 0.6) is 0 Å². The second-order valence-electron chi connectivity index (χ2n) is 8.99. The first-order valence-corrected chi connectivity index (χ1v) is 12.5. The van der Waals surface area contributed by atoms with E-state index < -0.39 is 57.3 Å². The van der Waals surface area contributed by atoms with Gasteiger partial charge < -0.3 is 20.1 Å². The molecule has 2 aromatic carbocycles. The van der Waals surface area contributed by atoms with E-state index in [4.69, 9.17) is 9.47 Å². The summed E-state index contributed by atoms with van der Waals surface area (Å²) in [4.78, 5) is 73.2. The number of anilines is 2. The zero-order chi connectivity index (χ0) is 29.4. The minimum absolute atomic E-state index is 0.0279. The van der Waals surface area contributed by atoms with Crippen molar-refractivity contribution >= 4 is 46.5 Å². The van der Waals surface area contributed by atoms with E-state index in [0.29, 0.717) is 0 Å². The average Bonchev–Trinajstić information content (AvgIpc) is 2.93. The van der Waals surface area contributed by atoms with Crippen LogP contribution >= 0.6 is 0 Å². The third-order valence-corrected chi connectivity index (χ3v) is 6.53. The lowest BCUT2D eigenvalue weighted by Gasteiger charge is -2.37. The summed E-state index contributed by atoms with van der Waals surface area (Å²) in [6.07, 6.45) is -0.418. The molecule has 0 aromatic heterocycles. The molecule has 0 saturated heterocycles. The van der Waals surface area contributed by atoms with E-state index in [0.717, 1.165) is 0 Å². The lowest BCUT2D eigenvalue weighted by atomic mass is 9.67. The van der Waals surface area contributed by atoms with Gasteiger partial charge in [-0.15, -0.1) is 0 Å². The summed E-state index contributed by atoms with van der Waals surface area (Å²) >= 11 is 0. The summed E-state index contributed by atoms with van der Waals surface area (Å²) in [6, 6.07) is 10.1. The normalized spacial score (nSPS) is 20.1. The molecule has 0 spiro atoms. The lowest BCUT2D eigenvalue weighted by molar-refractivity contribution is -0.385. The van der Waals surface area contributed by atoms with Crippen molar-refractivity contribution < 1.29 is 38.5 Å². The van der Waals surface area contributed by atoms with Gasteiger partial charge in [0.05, 0.1) is 46.7 Å². The molecule has 14 nitrogen and oxygen atoms in total.